The molecule has 0 bridgehead atoms. The largest absolute Gasteiger partial charge is 0.506 e. The molecular formula is C7H5F4NO. The standard InChI is InChI=1S/C7H5F4NO/c8-4-1-2-6(13)5(3-4)12-7(9,10)11/h1-3,12-13H. The van der Waals surface area contributed by atoms with Gasteiger partial charge in [0.15, 0.2) is 0 Å². The fourth-order valence-electron chi connectivity index (χ4n) is 0.761. The van der Waals surface area contributed by atoms with E-state index in [0.717, 1.165) is 17.4 Å². The van der Waals surface area contributed by atoms with Crippen LogP contribution in [0, 0.1) is 5.82 Å². The summed E-state index contributed by atoms with van der Waals surface area (Å²) in [6.45, 7) is 0. The molecule has 0 aromatic heterocycles. The second-order valence-corrected chi connectivity index (χ2v) is 2.28. The van der Waals surface area contributed by atoms with Gasteiger partial charge in [0.1, 0.15) is 11.6 Å². The zero-order chi connectivity index (χ0) is 10.1. The molecule has 0 heterocycles. The van der Waals surface area contributed by atoms with Crippen molar-refractivity contribution in [1.29, 1.82) is 0 Å². The predicted molar refractivity (Wildman–Crippen MR) is 37.7 cm³/mol. The smallest absolute Gasteiger partial charge is 0.482 e. The highest BCUT2D eigenvalue weighted by atomic mass is 19.4. The molecule has 72 valence electrons. The minimum atomic E-state index is -4.69. The van der Waals surface area contributed by atoms with Gasteiger partial charge in [-0.2, -0.15) is 13.2 Å². The normalized spacial score (nSPS) is 11.4. The molecule has 0 radical (unpaired) electrons. The van der Waals surface area contributed by atoms with Crippen LogP contribution in [0.2, 0.25) is 0 Å². The van der Waals surface area contributed by atoms with E-state index in [-0.39, 0.29) is 0 Å². The van der Waals surface area contributed by atoms with E-state index in [9.17, 15) is 17.6 Å². The van der Waals surface area contributed by atoms with Gasteiger partial charge in [0.2, 0.25) is 0 Å². The van der Waals surface area contributed by atoms with Gasteiger partial charge in [-0.05, 0) is 12.1 Å². The lowest BCUT2D eigenvalue weighted by Crippen LogP contribution is -2.20. The summed E-state index contributed by atoms with van der Waals surface area (Å²) >= 11 is 0. The van der Waals surface area contributed by atoms with Crippen molar-refractivity contribution in [2.24, 2.45) is 0 Å². The minimum absolute atomic E-state index is 0.558. The summed E-state index contributed by atoms with van der Waals surface area (Å²) < 4.78 is 47.5. The Bertz CT molecular complexity index is 310. The highest BCUT2D eigenvalue weighted by Crippen LogP contribution is 2.28. The first-order chi connectivity index (χ1) is 5.88. The number of alkyl halides is 3. The fourth-order valence-corrected chi connectivity index (χ4v) is 0.761. The number of aromatic hydroxyl groups is 1. The number of rotatable bonds is 1. The molecule has 1 aromatic rings. The Morgan fingerprint density at radius 2 is 1.85 bits per heavy atom. The van der Waals surface area contributed by atoms with E-state index < -0.39 is 23.6 Å². The first kappa shape index (κ1) is 9.63. The highest BCUT2D eigenvalue weighted by molar-refractivity contribution is 5.55. The molecule has 0 fully saturated rings. The Hall–Kier alpha value is -1.46. The van der Waals surface area contributed by atoms with Crippen LogP contribution in [0.4, 0.5) is 23.2 Å². The summed E-state index contributed by atoms with van der Waals surface area (Å²) in [4.78, 5) is 0. The molecule has 0 aliphatic rings. The van der Waals surface area contributed by atoms with Crippen molar-refractivity contribution in [2.45, 2.75) is 6.30 Å². The van der Waals surface area contributed by atoms with Crippen molar-refractivity contribution in [1.82, 2.24) is 0 Å². The van der Waals surface area contributed by atoms with E-state index in [2.05, 4.69) is 0 Å². The number of hydrogen-bond acceptors (Lipinski definition) is 2. The van der Waals surface area contributed by atoms with E-state index in [1.165, 1.54) is 0 Å². The Labute approximate surface area is 70.8 Å². The number of phenols is 1. The third-order valence-electron chi connectivity index (χ3n) is 1.24. The minimum Gasteiger partial charge on any atom is -0.506 e. The molecule has 0 unspecified atom stereocenters. The Balaban J connectivity index is 2.94. The van der Waals surface area contributed by atoms with Crippen LogP contribution in [-0.2, 0) is 0 Å². The summed E-state index contributed by atoms with van der Waals surface area (Å²) in [5.41, 5.74) is -0.701. The average Bonchev–Trinajstić information content (AvgIpc) is 1.94. The number of anilines is 1. The van der Waals surface area contributed by atoms with Crippen molar-refractivity contribution >= 4 is 5.69 Å². The predicted octanol–water partition coefficient (Wildman–Crippen LogP) is 2.46. The number of hydrogen-bond donors (Lipinski definition) is 2. The molecule has 0 saturated heterocycles. The van der Waals surface area contributed by atoms with Gasteiger partial charge in [0.05, 0.1) is 5.69 Å². The lowest BCUT2D eigenvalue weighted by Gasteiger charge is -2.10. The quantitative estimate of drug-likeness (QED) is 0.410. The molecule has 1 aromatic carbocycles. The summed E-state index contributed by atoms with van der Waals surface area (Å²) in [6.07, 6.45) is -4.69. The van der Waals surface area contributed by atoms with E-state index in [1.54, 1.807) is 0 Å². The lowest BCUT2D eigenvalue weighted by molar-refractivity contribution is -0.100. The Morgan fingerprint density at radius 3 is 2.38 bits per heavy atom. The van der Waals surface area contributed by atoms with E-state index in [1.807, 2.05) is 0 Å². The zero-order valence-corrected chi connectivity index (χ0v) is 6.19. The molecule has 13 heavy (non-hydrogen) atoms. The highest BCUT2D eigenvalue weighted by Gasteiger charge is 2.28. The zero-order valence-electron chi connectivity index (χ0n) is 6.19. The van der Waals surface area contributed by atoms with Crippen LogP contribution in [0.3, 0.4) is 0 Å². The molecule has 0 spiro atoms. The molecule has 0 atom stereocenters. The van der Waals surface area contributed by atoms with E-state index in [4.69, 9.17) is 5.11 Å². The first-order valence-corrected chi connectivity index (χ1v) is 3.22. The van der Waals surface area contributed by atoms with Gasteiger partial charge in [-0.1, -0.05) is 0 Å². The van der Waals surface area contributed by atoms with Crippen molar-refractivity contribution < 1.29 is 22.7 Å². The number of nitrogens with one attached hydrogen (secondary N) is 1. The van der Waals surface area contributed by atoms with Crippen LogP contribution in [0.25, 0.3) is 0 Å². The van der Waals surface area contributed by atoms with E-state index in [0.29, 0.717) is 6.07 Å². The topological polar surface area (TPSA) is 32.3 Å². The molecule has 0 amide bonds. The summed E-state index contributed by atoms with van der Waals surface area (Å²) in [5, 5.41) is 9.87. The van der Waals surface area contributed by atoms with Gasteiger partial charge < -0.3 is 5.11 Å². The molecule has 0 aliphatic heterocycles. The van der Waals surface area contributed by atoms with Gasteiger partial charge in [0.25, 0.3) is 0 Å². The maximum absolute atomic E-state index is 12.4. The maximum atomic E-state index is 12.4. The van der Waals surface area contributed by atoms with Crippen LogP contribution in [-0.4, -0.2) is 11.4 Å². The fraction of sp³-hybridized carbons (Fsp3) is 0.143. The number of halogens is 4. The van der Waals surface area contributed by atoms with Gasteiger partial charge in [-0.15, -0.1) is 0 Å². The molecule has 2 nitrogen and oxygen atoms in total. The Morgan fingerprint density at radius 1 is 1.23 bits per heavy atom. The monoisotopic (exact) mass is 195 g/mol. The average molecular weight is 195 g/mol. The summed E-state index contributed by atoms with van der Waals surface area (Å²) in [6, 6.07) is 2.25. The molecule has 1 rings (SSSR count). The summed E-state index contributed by atoms with van der Waals surface area (Å²) in [7, 11) is 0. The van der Waals surface area contributed by atoms with Crippen LogP contribution < -0.4 is 5.32 Å². The van der Waals surface area contributed by atoms with Crippen LogP contribution in [0.15, 0.2) is 18.2 Å². The molecule has 6 heteroatoms. The number of benzene rings is 1. The number of phenolic OH excluding ortho intramolecular Hbond substituents is 1. The van der Waals surface area contributed by atoms with Crippen LogP contribution >= 0.6 is 0 Å². The first-order valence-electron chi connectivity index (χ1n) is 3.22. The molecule has 0 aliphatic carbocycles. The molecule has 2 N–H and O–H groups in total. The maximum Gasteiger partial charge on any atom is 0.482 e. The van der Waals surface area contributed by atoms with Crippen molar-refractivity contribution in [3.05, 3.63) is 24.0 Å². The van der Waals surface area contributed by atoms with Gasteiger partial charge in [0, 0.05) is 6.07 Å². The Kier molecular flexibility index (Phi) is 2.31. The second-order valence-electron chi connectivity index (χ2n) is 2.28. The molecular weight excluding hydrogens is 190 g/mol. The molecule has 0 saturated carbocycles. The van der Waals surface area contributed by atoms with Gasteiger partial charge in [-0.3, -0.25) is 5.32 Å². The van der Waals surface area contributed by atoms with Crippen molar-refractivity contribution in [3.63, 3.8) is 0 Å². The summed E-state index contributed by atoms with van der Waals surface area (Å²) in [5.74, 6) is -1.51. The lowest BCUT2D eigenvalue weighted by atomic mass is 10.3. The van der Waals surface area contributed by atoms with Gasteiger partial charge >= 0.3 is 6.30 Å². The van der Waals surface area contributed by atoms with Crippen LogP contribution in [0.5, 0.6) is 5.75 Å². The third-order valence-corrected chi connectivity index (χ3v) is 1.24. The van der Waals surface area contributed by atoms with Gasteiger partial charge in [-0.25, -0.2) is 4.39 Å². The third kappa shape index (κ3) is 2.81. The van der Waals surface area contributed by atoms with Crippen molar-refractivity contribution in [3.8, 4) is 5.75 Å². The van der Waals surface area contributed by atoms with Crippen molar-refractivity contribution in [2.75, 3.05) is 5.32 Å². The van der Waals surface area contributed by atoms with Crippen LogP contribution in [0.1, 0.15) is 0 Å². The second kappa shape index (κ2) is 3.12. The SMILES string of the molecule is Oc1ccc(F)cc1NC(F)(F)F. The van der Waals surface area contributed by atoms with E-state index >= 15 is 0 Å².